The molecule has 1 aliphatic carbocycles. The second-order valence-electron chi connectivity index (χ2n) is 6.03. The Labute approximate surface area is 109 Å². The predicted octanol–water partition coefficient (Wildman–Crippen LogP) is 2.61. The number of nitrogens with zero attached hydrogens (tertiary/aromatic N) is 1. The van der Waals surface area contributed by atoms with Crippen molar-refractivity contribution in [1.29, 1.82) is 0 Å². The van der Waals surface area contributed by atoms with Crippen LogP contribution in [0.1, 0.15) is 43.6 Å². The van der Waals surface area contributed by atoms with Crippen molar-refractivity contribution in [3.05, 3.63) is 23.7 Å². The quantitative estimate of drug-likeness (QED) is 0.891. The Morgan fingerprint density at radius 1 is 1.33 bits per heavy atom. The molecule has 0 spiro atoms. The molecule has 1 aromatic rings. The zero-order valence-electron chi connectivity index (χ0n) is 11.1. The average molecular weight is 249 g/mol. The smallest absolute Gasteiger partial charge is 0.118 e. The van der Waals surface area contributed by atoms with E-state index in [0.29, 0.717) is 18.4 Å². The van der Waals surface area contributed by atoms with Crippen molar-refractivity contribution in [3.63, 3.8) is 0 Å². The average Bonchev–Trinajstić information content (AvgIpc) is 2.94. The summed E-state index contributed by atoms with van der Waals surface area (Å²) in [6.07, 6.45) is 3.52. The fourth-order valence-corrected chi connectivity index (χ4v) is 2.94. The predicted molar refractivity (Wildman–Crippen MR) is 70.3 cm³/mol. The number of furan rings is 1. The van der Waals surface area contributed by atoms with E-state index in [9.17, 15) is 0 Å². The lowest BCUT2D eigenvalue weighted by atomic mass is 9.98. The van der Waals surface area contributed by atoms with Crippen LogP contribution in [0.25, 0.3) is 0 Å². The van der Waals surface area contributed by atoms with Crippen LogP contribution in [0.4, 0.5) is 0 Å². The SMILES string of the molecule is CC1CC1c1ccc(CN2CCC(CO)CC2)o1. The number of hydrogen-bond acceptors (Lipinski definition) is 3. The third-order valence-corrected chi connectivity index (χ3v) is 4.50. The minimum Gasteiger partial charge on any atom is -0.464 e. The lowest BCUT2D eigenvalue weighted by Gasteiger charge is -2.30. The first-order chi connectivity index (χ1) is 8.76. The summed E-state index contributed by atoms with van der Waals surface area (Å²) in [6, 6.07) is 4.29. The van der Waals surface area contributed by atoms with Gasteiger partial charge in [-0.2, -0.15) is 0 Å². The Balaban J connectivity index is 1.52. The minimum absolute atomic E-state index is 0.346. The number of piperidine rings is 1. The molecule has 2 unspecified atom stereocenters. The molecule has 2 aliphatic rings. The van der Waals surface area contributed by atoms with Gasteiger partial charge in [-0.05, 0) is 56.3 Å². The Morgan fingerprint density at radius 3 is 2.67 bits per heavy atom. The maximum Gasteiger partial charge on any atom is 0.118 e. The summed E-state index contributed by atoms with van der Waals surface area (Å²) in [5, 5.41) is 9.13. The van der Waals surface area contributed by atoms with Crippen molar-refractivity contribution in [3.8, 4) is 0 Å². The summed E-state index contributed by atoms with van der Waals surface area (Å²) in [5.74, 6) is 4.29. The molecule has 0 amide bonds. The van der Waals surface area contributed by atoms with Gasteiger partial charge < -0.3 is 9.52 Å². The van der Waals surface area contributed by atoms with Crippen LogP contribution >= 0.6 is 0 Å². The van der Waals surface area contributed by atoms with E-state index < -0.39 is 0 Å². The van der Waals surface area contributed by atoms with Crippen molar-refractivity contribution < 1.29 is 9.52 Å². The van der Waals surface area contributed by atoms with Gasteiger partial charge in [0.25, 0.3) is 0 Å². The molecule has 2 heterocycles. The van der Waals surface area contributed by atoms with E-state index in [4.69, 9.17) is 9.52 Å². The Hall–Kier alpha value is -0.800. The molecule has 1 saturated carbocycles. The van der Waals surface area contributed by atoms with Gasteiger partial charge >= 0.3 is 0 Å². The lowest BCUT2D eigenvalue weighted by molar-refractivity contribution is 0.122. The number of aliphatic hydroxyl groups is 1. The molecule has 1 N–H and O–H groups in total. The van der Waals surface area contributed by atoms with Crippen molar-refractivity contribution in [1.82, 2.24) is 4.90 Å². The van der Waals surface area contributed by atoms with Gasteiger partial charge in [-0.15, -0.1) is 0 Å². The zero-order valence-corrected chi connectivity index (χ0v) is 11.1. The fourth-order valence-electron chi connectivity index (χ4n) is 2.94. The third-order valence-electron chi connectivity index (χ3n) is 4.50. The van der Waals surface area contributed by atoms with E-state index in [2.05, 4.69) is 24.0 Å². The van der Waals surface area contributed by atoms with Crippen LogP contribution in [0.2, 0.25) is 0 Å². The summed E-state index contributed by atoms with van der Waals surface area (Å²) < 4.78 is 5.94. The molecule has 3 nitrogen and oxygen atoms in total. The van der Waals surface area contributed by atoms with Gasteiger partial charge in [-0.25, -0.2) is 0 Å². The molecule has 0 bridgehead atoms. The zero-order chi connectivity index (χ0) is 12.5. The summed E-state index contributed by atoms with van der Waals surface area (Å²) >= 11 is 0. The van der Waals surface area contributed by atoms with E-state index in [1.54, 1.807) is 0 Å². The third kappa shape index (κ3) is 2.62. The highest BCUT2D eigenvalue weighted by Gasteiger charge is 2.36. The van der Waals surface area contributed by atoms with Crippen LogP contribution in [0, 0.1) is 11.8 Å². The Kier molecular flexibility index (Phi) is 3.44. The number of rotatable bonds is 4. The van der Waals surface area contributed by atoms with E-state index in [1.807, 2.05) is 0 Å². The van der Waals surface area contributed by atoms with Gasteiger partial charge in [0.1, 0.15) is 11.5 Å². The van der Waals surface area contributed by atoms with Crippen molar-refractivity contribution in [2.45, 2.75) is 38.6 Å². The Morgan fingerprint density at radius 2 is 2.06 bits per heavy atom. The van der Waals surface area contributed by atoms with Gasteiger partial charge in [0.05, 0.1) is 6.54 Å². The summed E-state index contributed by atoms with van der Waals surface area (Å²) in [7, 11) is 0. The highest BCUT2D eigenvalue weighted by atomic mass is 16.3. The minimum atomic E-state index is 0.346. The topological polar surface area (TPSA) is 36.6 Å². The molecule has 0 aromatic carbocycles. The largest absolute Gasteiger partial charge is 0.464 e. The van der Waals surface area contributed by atoms with Gasteiger partial charge in [-0.3, -0.25) is 4.90 Å². The molecule has 3 heteroatoms. The monoisotopic (exact) mass is 249 g/mol. The molecule has 100 valence electrons. The van der Waals surface area contributed by atoms with Crippen LogP contribution in [0.3, 0.4) is 0 Å². The number of likely N-dealkylation sites (tertiary alicyclic amines) is 1. The van der Waals surface area contributed by atoms with E-state index in [-0.39, 0.29) is 0 Å². The van der Waals surface area contributed by atoms with Crippen LogP contribution < -0.4 is 0 Å². The molecule has 0 radical (unpaired) electrons. The lowest BCUT2D eigenvalue weighted by Crippen LogP contribution is -2.34. The van der Waals surface area contributed by atoms with Gasteiger partial charge in [0, 0.05) is 12.5 Å². The second-order valence-corrected chi connectivity index (χ2v) is 6.03. The van der Waals surface area contributed by atoms with Crippen molar-refractivity contribution in [2.75, 3.05) is 19.7 Å². The van der Waals surface area contributed by atoms with Gasteiger partial charge in [0.15, 0.2) is 0 Å². The number of aliphatic hydroxyl groups excluding tert-OH is 1. The van der Waals surface area contributed by atoms with E-state index in [0.717, 1.165) is 44.2 Å². The van der Waals surface area contributed by atoms with Crippen molar-refractivity contribution >= 4 is 0 Å². The van der Waals surface area contributed by atoms with Crippen LogP contribution in [-0.2, 0) is 6.54 Å². The summed E-state index contributed by atoms with van der Waals surface area (Å²) in [4.78, 5) is 2.44. The Bertz CT molecular complexity index is 393. The standard InChI is InChI=1S/C15H23NO2/c1-11-8-14(11)15-3-2-13(18-15)9-16-6-4-12(10-17)5-7-16/h2-3,11-12,14,17H,4-10H2,1H3. The highest BCUT2D eigenvalue weighted by Crippen LogP contribution is 2.47. The van der Waals surface area contributed by atoms with Crippen LogP contribution in [0.5, 0.6) is 0 Å². The molecule has 2 atom stereocenters. The van der Waals surface area contributed by atoms with E-state index in [1.165, 1.54) is 12.2 Å². The molecular formula is C15H23NO2. The highest BCUT2D eigenvalue weighted by molar-refractivity contribution is 5.17. The van der Waals surface area contributed by atoms with E-state index >= 15 is 0 Å². The summed E-state index contributed by atoms with van der Waals surface area (Å²) in [6.45, 7) is 5.73. The first kappa shape index (κ1) is 12.2. The first-order valence-electron chi connectivity index (χ1n) is 7.18. The second kappa shape index (κ2) is 5.06. The number of hydrogen-bond donors (Lipinski definition) is 1. The van der Waals surface area contributed by atoms with Crippen molar-refractivity contribution in [2.24, 2.45) is 11.8 Å². The van der Waals surface area contributed by atoms with Crippen LogP contribution in [-0.4, -0.2) is 29.7 Å². The first-order valence-corrected chi connectivity index (χ1v) is 7.18. The molecule has 1 aliphatic heterocycles. The molecule has 1 saturated heterocycles. The van der Waals surface area contributed by atoms with Gasteiger partial charge in [0.2, 0.25) is 0 Å². The maximum absolute atomic E-state index is 9.13. The molecular weight excluding hydrogens is 226 g/mol. The molecule has 2 fully saturated rings. The molecule has 18 heavy (non-hydrogen) atoms. The fraction of sp³-hybridized carbons (Fsp3) is 0.733. The molecule has 1 aromatic heterocycles. The normalized spacial score (nSPS) is 29.7. The van der Waals surface area contributed by atoms with Gasteiger partial charge in [-0.1, -0.05) is 6.92 Å². The molecule has 3 rings (SSSR count). The summed E-state index contributed by atoms with van der Waals surface area (Å²) in [5.41, 5.74) is 0. The van der Waals surface area contributed by atoms with Crippen LogP contribution in [0.15, 0.2) is 16.5 Å². The maximum atomic E-state index is 9.13.